The molecule has 1 atom stereocenters. The molecule has 1 N–H and O–H groups in total. The molecular formula is C12H12BrNO3. The van der Waals surface area contributed by atoms with Gasteiger partial charge in [-0.2, -0.15) is 0 Å². The van der Waals surface area contributed by atoms with Crippen LogP contribution in [0.1, 0.15) is 12.0 Å². The van der Waals surface area contributed by atoms with Gasteiger partial charge in [0.05, 0.1) is 13.0 Å². The summed E-state index contributed by atoms with van der Waals surface area (Å²) < 4.78 is 5.71. The lowest BCUT2D eigenvalue weighted by Gasteiger charge is -2.08. The second kappa shape index (κ2) is 5.31. The summed E-state index contributed by atoms with van der Waals surface area (Å²) in [6.45, 7) is 0.390. The minimum atomic E-state index is -0.477. The van der Waals surface area contributed by atoms with Crippen molar-refractivity contribution in [3.8, 4) is 0 Å². The zero-order valence-corrected chi connectivity index (χ0v) is 10.7. The molecule has 0 aromatic heterocycles. The van der Waals surface area contributed by atoms with Crippen LogP contribution in [0.2, 0.25) is 0 Å². The average Bonchev–Trinajstić information content (AvgIpc) is 2.64. The number of ether oxygens (including phenoxy) is 1. The summed E-state index contributed by atoms with van der Waals surface area (Å²) in [5.41, 5.74) is 0.906. The quantitative estimate of drug-likeness (QED) is 0.859. The Morgan fingerprint density at radius 3 is 3.00 bits per heavy atom. The number of carbonyl (C=O) groups is 2. The zero-order valence-electron chi connectivity index (χ0n) is 9.11. The topological polar surface area (TPSA) is 55.4 Å². The van der Waals surface area contributed by atoms with Crippen LogP contribution in [0.3, 0.4) is 0 Å². The van der Waals surface area contributed by atoms with E-state index < -0.39 is 6.04 Å². The van der Waals surface area contributed by atoms with Crippen molar-refractivity contribution in [2.24, 2.45) is 0 Å². The largest absolute Gasteiger partial charge is 0.464 e. The monoisotopic (exact) mass is 297 g/mol. The number of halogens is 1. The highest BCUT2D eigenvalue weighted by atomic mass is 79.9. The lowest BCUT2D eigenvalue weighted by atomic mass is 10.1. The number of nitrogens with one attached hydrogen (secondary N) is 1. The van der Waals surface area contributed by atoms with Gasteiger partial charge in [-0.25, -0.2) is 4.79 Å². The van der Waals surface area contributed by atoms with Crippen molar-refractivity contribution in [3.05, 3.63) is 34.3 Å². The minimum absolute atomic E-state index is 0.160. The van der Waals surface area contributed by atoms with E-state index in [-0.39, 0.29) is 18.3 Å². The van der Waals surface area contributed by atoms with Crippen molar-refractivity contribution >= 4 is 27.8 Å². The van der Waals surface area contributed by atoms with Gasteiger partial charge in [-0.05, 0) is 17.7 Å². The van der Waals surface area contributed by atoms with Gasteiger partial charge in [0, 0.05) is 10.9 Å². The smallest absolute Gasteiger partial charge is 0.328 e. The zero-order chi connectivity index (χ0) is 12.3. The van der Waals surface area contributed by atoms with E-state index in [1.165, 1.54) is 0 Å². The molecule has 2 rings (SSSR count). The first-order valence-corrected chi connectivity index (χ1v) is 6.15. The highest BCUT2D eigenvalue weighted by Gasteiger charge is 2.27. The van der Waals surface area contributed by atoms with Gasteiger partial charge < -0.3 is 10.1 Å². The van der Waals surface area contributed by atoms with Gasteiger partial charge in [0.25, 0.3) is 0 Å². The maximum Gasteiger partial charge on any atom is 0.328 e. The molecule has 0 aliphatic carbocycles. The van der Waals surface area contributed by atoms with Crippen LogP contribution >= 0.6 is 15.9 Å². The predicted molar refractivity (Wildman–Crippen MR) is 65.4 cm³/mol. The Bertz CT molecular complexity index is 447. The molecule has 1 fully saturated rings. The summed E-state index contributed by atoms with van der Waals surface area (Å²) in [5.74, 6) is -0.500. The average molecular weight is 298 g/mol. The second-order valence-electron chi connectivity index (χ2n) is 3.88. The summed E-state index contributed by atoms with van der Waals surface area (Å²) >= 11 is 3.34. The van der Waals surface area contributed by atoms with Crippen molar-refractivity contribution in [2.45, 2.75) is 18.9 Å². The molecule has 17 heavy (non-hydrogen) atoms. The highest BCUT2D eigenvalue weighted by molar-refractivity contribution is 9.10. The molecule has 1 heterocycles. The molecule has 1 aromatic carbocycles. The SMILES string of the molecule is O=C(Cc1cccc(Br)c1)NC1CCOC1=O. The molecule has 1 aliphatic heterocycles. The van der Waals surface area contributed by atoms with Crippen LogP contribution in [0, 0.1) is 0 Å². The molecule has 5 heteroatoms. The Balaban J connectivity index is 1.91. The van der Waals surface area contributed by atoms with Crippen LogP contribution in [0.25, 0.3) is 0 Å². The van der Waals surface area contributed by atoms with E-state index in [2.05, 4.69) is 21.2 Å². The maximum absolute atomic E-state index is 11.7. The fourth-order valence-electron chi connectivity index (χ4n) is 1.70. The Kier molecular flexibility index (Phi) is 3.78. The van der Waals surface area contributed by atoms with E-state index in [1.54, 1.807) is 0 Å². The van der Waals surface area contributed by atoms with Crippen molar-refractivity contribution in [1.29, 1.82) is 0 Å². The number of cyclic esters (lactones) is 1. The van der Waals surface area contributed by atoms with Gasteiger partial charge in [-0.15, -0.1) is 0 Å². The molecule has 0 bridgehead atoms. The molecule has 1 aliphatic rings. The second-order valence-corrected chi connectivity index (χ2v) is 4.80. The summed E-state index contributed by atoms with van der Waals surface area (Å²) in [6, 6.07) is 7.05. The van der Waals surface area contributed by atoms with Gasteiger partial charge in [0.1, 0.15) is 6.04 Å². The third-order valence-corrected chi connectivity index (χ3v) is 3.02. The highest BCUT2D eigenvalue weighted by Crippen LogP contribution is 2.12. The lowest BCUT2D eigenvalue weighted by molar-refractivity contribution is -0.141. The summed E-state index contributed by atoms with van der Waals surface area (Å²) in [6.07, 6.45) is 0.826. The number of amides is 1. The Labute approximate surface area is 107 Å². The fourth-order valence-corrected chi connectivity index (χ4v) is 2.15. The molecule has 1 amide bonds. The van der Waals surface area contributed by atoms with Gasteiger partial charge >= 0.3 is 5.97 Å². The van der Waals surface area contributed by atoms with Gasteiger partial charge in [-0.1, -0.05) is 28.1 Å². The molecule has 0 spiro atoms. The van der Waals surface area contributed by atoms with Gasteiger partial charge in [0.2, 0.25) is 5.91 Å². The first-order valence-electron chi connectivity index (χ1n) is 5.35. The summed E-state index contributed by atoms with van der Waals surface area (Å²) in [4.78, 5) is 22.9. The van der Waals surface area contributed by atoms with E-state index in [4.69, 9.17) is 4.74 Å². The van der Waals surface area contributed by atoms with E-state index in [0.29, 0.717) is 13.0 Å². The Hall–Kier alpha value is -1.36. The van der Waals surface area contributed by atoms with Gasteiger partial charge in [-0.3, -0.25) is 4.79 Å². The molecule has 0 radical (unpaired) electrons. The van der Waals surface area contributed by atoms with E-state index in [0.717, 1.165) is 10.0 Å². The first kappa shape index (κ1) is 12.1. The summed E-state index contributed by atoms with van der Waals surface area (Å²) in [7, 11) is 0. The molecule has 1 aromatic rings. The van der Waals surface area contributed by atoms with Crippen LogP contribution in [0.5, 0.6) is 0 Å². The lowest BCUT2D eigenvalue weighted by Crippen LogP contribution is -2.38. The molecule has 4 nitrogen and oxygen atoms in total. The fraction of sp³-hybridized carbons (Fsp3) is 0.333. The molecule has 1 unspecified atom stereocenters. The van der Waals surface area contributed by atoms with E-state index >= 15 is 0 Å². The number of benzene rings is 1. The Morgan fingerprint density at radius 1 is 1.53 bits per heavy atom. The predicted octanol–water partition coefficient (Wildman–Crippen LogP) is 1.42. The minimum Gasteiger partial charge on any atom is -0.464 e. The standard InChI is InChI=1S/C12H12BrNO3/c13-9-3-1-2-8(6-9)7-11(15)14-10-4-5-17-12(10)16/h1-3,6,10H,4-5,7H2,(H,14,15). The molecule has 0 saturated carbocycles. The third kappa shape index (κ3) is 3.30. The number of esters is 1. The number of hydrogen-bond donors (Lipinski definition) is 1. The molecule has 90 valence electrons. The number of rotatable bonds is 3. The molecule has 1 saturated heterocycles. The van der Waals surface area contributed by atoms with Crippen LogP contribution in [0.4, 0.5) is 0 Å². The van der Waals surface area contributed by atoms with Crippen molar-refractivity contribution < 1.29 is 14.3 Å². The van der Waals surface area contributed by atoms with E-state index in [1.807, 2.05) is 24.3 Å². The van der Waals surface area contributed by atoms with Crippen LogP contribution < -0.4 is 5.32 Å². The molecular weight excluding hydrogens is 286 g/mol. The normalized spacial score (nSPS) is 18.9. The van der Waals surface area contributed by atoms with E-state index in [9.17, 15) is 9.59 Å². The van der Waals surface area contributed by atoms with Crippen molar-refractivity contribution in [2.75, 3.05) is 6.61 Å². The maximum atomic E-state index is 11.7. The third-order valence-electron chi connectivity index (χ3n) is 2.52. The summed E-state index contributed by atoms with van der Waals surface area (Å²) in [5, 5.41) is 2.67. The van der Waals surface area contributed by atoms with Crippen LogP contribution in [-0.2, 0) is 20.7 Å². The van der Waals surface area contributed by atoms with Crippen molar-refractivity contribution in [1.82, 2.24) is 5.32 Å². The number of hydrogen-bond acceptors (Lipinski definition) is 3. The van der Waals surface area contributed by atoms with Gasteiger partial charge in [0.15, 0.2) is 0 Å². The van der Waals surface area contributed by atoms with Crippen LogP contribution in [0.15, 0.2) is 28.7 Å². The first-order chi connectivity index (χ1) is 8.15. The van der Waals surface area contributed by atoms with Crippen LogP contribution in [-0.4, -0.2) is 24.5 Å². The number of carbonyl (C=O) groups excluding carboxylic acids is 2. The Morgan fingerprint density at radius 2 is 2.35 bits per heavy atom. The van der Waals surface area contributed by atoms with Crippen molar-refractivity contribution in [3.63, 3.8) is 0 Å².